The molecule has 3 saturated heterocycles. The Morgan fingerprint density at radius 2 is 1.86 bits per heavy atom. The number of morpholine rings is 1. The predicted molar refractivity (Wildman–Crippen MR) is 96.6 cm³/mol. The molecule has 9 heteroatoms. The summed E-state index contributed by atoms with van der Waals surface area (Å²) in [5.74, 6) is 5.72. The number of hydrogen-bond donors (Lipinski definition) is 1. The Bertz CT molecular complexity index is 854. The molecule has 6 nitrogen and oxygen atoms in total. The second kappa shape index (κ2) is 7.59. The van der Waals surface area contributed by atoms with Gasteiger partial charge in [-0.05, 0) is 30.7 Å². The van der Waals surface area contributed by atoms with E-state index in [-0.39, 0.29) is 36.6 Å². The van der Waals surface area contributed by atoms with Gasteiger partial charge in [0, 0.05) is 31.7 Å². The molecule has 1 aromatic carbocycles. The quantitative estimate of drug-likeness (QED) is 0.666. The molecule has 3 amide bonds. The first-order chi connectivity index (χ1) is 13.8. The smallest absolute Gasteiger partial charge is 0.366 e. The van der Waals surface area contributed by atoms with Crippen LogP contribution in [0.15, 0.2) is 24.3 Å². The standard InChI is InChI=1S/C20H20F3N3O3/c21-20(22,23)15-5-3-13(4-6-15)1-2-14-9-26(10-14)19(28)25-8-7-17-16(11-25)24-18(27)12-29-17/h3-6,14,16-17H,7-12H2,(H,24,27)/t16-,17?/m1/s1. The molecule has 3 aliphatic heterocycles. The van der Waals surface area contributed by atoms with E-state index in [9.17, 15) is 22.8 Å². The number of piperidine rings is 1. The summed E-state index contributed by atoms with van der Waals surface area (Å²) in [5.41, 5.74) is -0.190. The van der Waals surface area contributed by atoms with Crippen LogP contribution in [0.3, 0.4) is 0 Å². The van der Waals surface area contributed by atoms with E-state index in [1.165, 1.54) is 12.1 Å². The Morgan fingerprint density at radius 1 is 1.14 bits per heavy atom. The van der Waals surface area contributed by atoms with Crippen LogP contribution in [0.2, 0.25) is 0 Å². The lowest BCUT2D eigenvalue weighted by atomic mass is 9.98. The van der Waals surface area contributed by atoms with Gasteiger partial charge in [0.05, 0.1) is 23.6 Å². The van der Waals surface area contributed by atoms with Gasteiger partial charge in [-0.1, -0.05) is 11.8 Å². The van der Waals surface area contributed by atoms with E-state index in [4.69, 9.17) is 4.74 Å². The molecule has 0 aromatic heterocycles. The van der Waals surface area contributed by atoms with Crippen LogP contribution in [0.5, 0.6) is 0 Å². The first kappa shape index (κ1) is 19.6. The third kappa shape index (κ3) is 4.32. The summed E-state index contributed by atoms with van der Waals surface area (Å²) in [6.07, 6.45) is -3.72. The molecule has 0 bridgehead atoms. The molecule has 0 spiro atoms. The number of nitrogens with one attached hydrogen (secondary N) is 1. The molecule has 29 heavy (non-hydrogen) atoms. The molecule has 0 saturated carbocycles. The molecule has 4 rings (SSSR count). The van der Waals surface area contributed by atoms with E-state index in [1.54, 1.807) is 9.80 Å². The Hall–Kier alpha value is -2.73. The molecule has 0 aliphatic carbocycles. The van der Waals surface area contributed by atoms with E-state index in [2.05, 4.69) is 17.2 Å². The lowest BCUT2D eigenvalue weighted by Gasteiger charge is -2.45. The summed E-state index contributed by atoms with van der Waals surface area (Å²) in [7, 11) is 0. The van der Waals surface area contributed by atoms with Gasteiger partial charge in [0.25, 0.3) is 0 Å². The SMILES string of the molecule is O=C1COC2CCN(C(=O)N3CC(C#Cc4ccc(C(F)(F)F)cc4)C3)C[C@H]2N1. The van der Waals surface area contributed by atoms with Gasteiger partial charge >= 0.3 is 12.2 Å². The fourth-order valence-electron chi connectivity index (χ4n) is 3.73. The predicted octanol–water partition coefficient (Wildman–Crippen LogP) is 1.70. The third-order valence-electron chi connectivity index (χ3n) is 5.38. The number of carbonyl (C=O) groups is 2. The maximum Gasteiger partial charge on any atom is 0.416 e. The molecule has 1 aromatic rings. The van der Waals surface area contributed by atoms with Crippen molar-refractivity contribution < 1.29 is 27.5 Å². The van der Waals surface area contributed by atoms with Crippen LogP contribution in [-0.4, -0.2) is 66.7 Å². The van der Waals surface area contributed by atoms with Crippen molar-refractivity contribution >= 4 is 11.9 Å². The summed E-state index contributed by atoms with van der Waals surface area (Å²) in [6, 6.07) is 4.46. The normalized spacial score (nSPS) is 24.7. The van der Waals surface area contributed by atoms with Crippen molar-refractivity contribution in [3.8, 4) is 11.8 Å². The first-order valence-corrected chi connectivity index (χ1v) is 9.43. The van der Waals surface area contributed by atoms with E-state index in [1.807, 2.05) is 0 Å². The number of benzene rings is 1. The number of ether oxygens (including phenoxy) is 1. The molecule has 154 valence electrons. The maximum absolute atomic E-state index is 12.6. The van der Waals surface area contributed by atoms with Gasteiger partial charge in [-0.25, -0.2) is 4.79 Å². The number of carbonyl (C=O) groups excluding carboxylic acids is 2. The van der Waals surface area contributed by atoms with Crippen molar-refractivity contribution in [2.45, 2.75) is 24.7 Å². The molecule has 3 fully saturated rings. The number of hydrogen-bond acceptors (Lipinski definition) is 3. The Morgan fingerprint density at radius 3 is 2.55 bits per heavy atom. The third-order valence-corrected chi connectivity index (χ3v) is 5.38. The summed E-state index contributed by atoms with van der Waals surface area (Å²) in [5, 5.41) is 2.87. The average Bonchev–Trinajstić information content (AvgIpc) is 2.65. The number of urea groups is 1. The van der Waals surface area contributed by atoms with Crippen molar-refractivity contribution in [3.05, 3.63) is 35.4 Å². The zero-order valence-corrected chi connectivity index (χ0v) is 15.5. The Labute approximate surface area is 166 Å². The Balaban J connectivity index is 1.27. The molecule has 0 radical (unpaired) electrons. The lowest BCUT2D eigenvalue weighted by molar-refractivity contribution is -0.140. The van der Waals surface area contributed by atoms with E-state index < -0.39 is 11.7 Å². The summed E-state index contributed by atoms with van der Waals surface area (Å²) >= 11 is 0. The topological polar surface area (TPSA) is 61.9 Å². The lowest BCUT2D eigenvalue weighted by Crippen LogP contribution is -2.64. The molecule has 3 aliphatic rings. The fourth-order valence-corrected chi connectivity index (χ4v) is 3.73. The van der Waals surface area contributed by atoms with Crippen LogP contribution in [0.1, 0.15) is 17.5 Å². The molecular formula is C20H20F3N3O3. The number of likely N-dealkylation sites (tertiary alicyclic amines) is 2. The summed E-state index contributed by atoms with van der Waals surface area (Å²) < 4.78 is 43.2. The highest BCUT2D eigenvalue weighted by Crippen LogP contribution is 2.29. The van der Waals surface area contributed by atoms with Crippen molar-refractivity contribution in [3.63, 3.8) is 0 Å². The minimum absolute atomic E-state index is 0.00324. The first-order valence-electron chi connectivity index (χ1n) is 9.43. The largest absolute Gasteiger partial charge is 0.416 e. The van der Waals surface area contributed by atoms with Gasteiger partial charge < -0.3 is 19.9 Å². The number of halogens is 3. The summed E-state index contributed by atoms with van der Waals surface area (Å²) in [6.45, 7) is 2.04. The maximum atomic E-state index is 12.6. The fraction of sp³-hybridized carbons (Fsp3) is 0.500. The van der Waals surface area contributed by atoms with Crippen molar-refractivity contribution in [1.82, 2.24) is 15.1 Å². The highest BCUT2D eigenvalue weighted by Gasteiger charge is 2.39. The number of amides is 3. The molecule has 3 heterocycles. The minimum atomic E-state index is -4.36. The average molecular weight is 407 g/mol. The highest BCUT2D eigenvalue weighted by atomic mass is 19.4. The number of fused-ring (bicyclic) bond motifs is 1. The van der Waals surface area contributed by atoms with Gasteiger partial charge in [-0.15, -0.1) is 0 Å². The number of alkyl halides is 3. The second-order valence-electron chi connectivity index (χ2n) is 7.49. The molecule has 2 atom stereocenters. The zero-order valence-electron chi connectivity index (χ0n) is 15.5. The van der Waals surface area contributed by atoms with Gasteiger partial charge in [0.2, 0.25) is 5.91 Å². The van der Waals surface area contributed by atoms with E-state index in [0.29, 0.717) is 38.2 Å². The van der Waals surface area contributed by atoms with Crippen LogP contribution >= 0.6 is 0 Å². The van der Waals surface area contributed by atoms with Crippen molar-refractivity contribution in [2.75, 3.05) is 32.8 Å². The van der Waals surface area contributed by atoms with Crippen LogP contribution in [0.25, 0.3) is 0 Å². The van der Waals surface area contributed by atoms with Gasteiger partial charge in [-0.2, -0.15) is 13.2 Å². The minimum Gasteiger partial charge on any atom is -0.366 e. The second-order valence-corrected chi connectivity index (χ2v) is 7.49. The van der Waals surface area contributed by atoms with Gasteiger partial charge in [0.1, 0.15) is 6.61 Å². The van der Waals surface area contributed by atoms with Gasteiger partial charge in [-0.3, -0.25) is 4.79 Å². The number of rotatable bonds is 0. The van der Waals surface area contributed by atoms with Gasteiger partial charge in [0.15, 0.2) is 0 Å². The molecule has 1 N–H and O–H groups in total. The Kier molecular flexibility index (Phi) is 5.13. The van der Waals surface area contributed by atoms with Crippen LogP contribution in [0, 0.1) is 17.8 Å². The van der Waals surface area contributed by atoms with Crippen molar-refractivity contribution in [2.24, 2.45) is 5.92 Å². The van der Waals surface area contributed by atoms with Crippen LogP contribution in [0.4, 0.5) is 18.0 Å². The monoisotopic (exact) mass is 407 g/mol. The van der Waals surface area contributed by atoms with Crippen LogP contribution in [-0.2, 0) is 15.7 Å². The van der Waals surface area contributed by atoms with E-state index >= 15 is 0 Å². The zero-order chi connectivity index (χ0) is 20.6. The molecule has 1 unspecified atom stereocenters. The van der Waals surface area contributed by atoms with E-state index in [0.717, 1.165) is 12.1 Å². The van der Waals surface area contributed by atoms with Crippen molar-refractivity contribution in [1.29, 1.82) is 0 Å². The number of nitrogens with zero attached hydrogens (tertiary/aromatic N) is 2. The highest BCUT2D eigenvalue weighted by molar-refractivity contribution is 5.79. The summed E-state index contributed by atoms with van der Waals surface area (Å²) in [4.78, 5) is 27.5. The van der Waals surface area contributed by atoms with Crippen LogP contribution < -0.4 is 5.32 Å². The molecular weight excluding hydrogens is 387 g/mol.